The maximum atomic E-state index is 10.1. The second-order valence-electron chi connectivity index (χ2n) is 1.05. The van der Waals surface area contributed by atoms with Crippen molar-refractivity contribution in [2.75, 3.05) is 11.2 Å². The summed E-state index contributed by atoms with van der Waals surface area (Å²) in [6, 6.07) is 0. The minimum Gasteiger partial charge on any atom is -0.798 e. The summed E-state index contributed by atoms with van der Waals surface area (Å²) in [5, 5.41) is 0. The first-order valence-corrected chi connectivity index (χ1v) is 4.60. The van der Waals surface area contributed by atoms with E-state index in [0.29, 0.717) is 0 Å². The van der Waals surface area contributed by atoms with Crippen LogP contribution in [0, 0.1) is 0 Å². The summed E-state index contributed by atoms with van der Waals surface area (Å²) in [4.78, 5) is 10.1. The number of halogens is 2. The third kappa shape index (κ3) is 6.53. The van der Waals surface area contributed by atoms with Crippen LogP contribution in [-0.2, 0) is 4.57 Å². The molecule has 0 radical (unpaired) electrons. The van der Waals surface area contributed by atoms with E-state index in [9.17, 15) is 9.46 Å². The van der Waals surface area contributed by atoms with Gasteiger partial charge < -0.3 is 9.46 Å². The van der Waals surface area contributed by atoms with E-state index in [-0.39, 0.29) is 62.6 Å². The topological polar surface area (TPSA) is 40.1 Å². The SMILES string of the molecule is O=P([O-])(CCl)CCl.[K+]. The smallest absolute Gasteiger partial charge is 0.798 e. The van der Waals surface area contributed by atoms with Crippen molar-refractivity contribution in [3.05, 3.63) is 0 Å². The predicted molar refractivity (Wildman–Crippen MR) is 29.0 cm³/mol. The van der Waals surface area contributed by atoms with Crippen molar-refractivity contribution in [1.29, 1.82) is 0 Å². The molecule has 0 aliphatic carbocycles. The van der Waals surface area contributed by atoms with Crippen LogP contribution in [0.15, 0.2) is 0 Å². The van der Waals surface area contributed by atoms with Gasteiger partial charge in [-0.3, -0.25) is 0 Å². The Balaban J connectivity index is 0. The minimum atomic E-state index is -3.37. The van der Waals surface area contributed by atoms with Crippen LogP contribution in [0.4, 0.5) is 0 Å². The average Bonchev–Trinajstić information content (AvgIpc) is 1.68. The molecule has 0 atom stereocenters. The zero-order valence-electron chi connectivity index (χ0n) is 4.43. The van der Waals surface area contributed by atoms with Crippen LogP contribution in [-0.4, -0.2) is 11.2 Å². The van der Waals surface area contributed by atoms with Gasteiger partial charge in [-0.1, -0.05) is 0 Å². The van der Waals surface area contributed by atoms with Crippen LogP contribution in [0.1, 0.15) is 0 Å². The first kappa shape index (κ1) is 13.0. The molecule has 0 aliphatic heterocycles. The van der Waals surface area contributed by atoms with E-state index in [2.05, 4.69) is 0 Å². The molecular weight excluding hydrogens is 197 g/mol. The molecule has 0 saturated heterocycles. The van der Waals surface area contributed by atoms with Gasteiger partial charge in [0, 0.05) is 7.37 Å². The predicted octanol–water partition coefficient (Wildman–Crippen LogP) is -1.98. The second kappa shape index (κ2) is 6.14. The average molecular weight is 201 g/mol. The molecule has 0 aromatic heterocycles. The molecule has 6 heteroatoms. The summed E-state index contributed by atoms with van der Waals surface area (Å²) < 4.78 is 10.1. The van der Waals surface area contributed by atoms with Crippen molar-refractivity contribution in [2.24, 2.45) is 0 Å². The van der Waals surface area contributed by atoms with Crippen LogP contribution < -0.4 is 56.3 Å². The van der Waals surface area contributed by atoms with Crippen molar-refractivity contribution < 1.29 is 60.8 Å². The molecule has 0 unspecified atom stereocenters. The Bertz CT molecular complexity index is 90.0. The summed E-state index contributed by atoms with van der Waals surface area (Å²) in [6.45, 7) is 0. The molecule has 0 aromatic rings. The van der Waals surface area contributed by atoms with Crippen molar-refractivity contribution in [1.82, 2.24) is 0 Å². The van der Waals surface area contributed by atoms with Crippen molar-refractivity contribution in [3.63, 3.8) is 0 Å². The first-order valence-electron chi connectivity index (χ1n) is 1.53. The van der Waals surface area contributed by atoms with Crippen molar-refractivity contribution >= 4 is 30.6 Å². The van der Waals surface area contributed by atoms with Gasteiger partial charge in [-0.15, -0.1) is 23.2 Å². The van der Waals surface area contributed by atoms with Gasteiger partial charge in [0.2, 0.25) is 0 Å². The van der Waals surface area contributed by atoms with E-state index >= 15 is 0 Å². The molecule has 0 amide bonds. The first-order chi connectivity index (χ1) is 3.12. The maximum Gasteiger partial charge on any atom is 1.00 e. The molecule has 2 nitrogen and oxygen atoms in total. The minimum absolute atomic E-state index is 0. The Labute approximate surface area is 101 Å². The number of alkyl halides is 2. The van der Waals surface area contributed by atoms with E-state index in [0.717, 1.165) is 0 Å². The van der Waals surface area contributed by atoms with Gasteiger partial charge in [-0.25, -0.2) is 0 Å². The number of hydrogen-bond acceptors (Lipinski definition) is 2. The number of rotatable bonds is 2. The molecule has 0 rings (SSSR count). The molecule has 44 valence electrons. The molecule has 0 saturated carbocycles. The van der Waals surface area contributed by atoms with Crippen molar-refractivity contribution in [2.45, 2.75) is 0 Å². The van der Waals surface area contributed by atoms with Crippen LogP contribution in [0.3, 0.4) is 0 Å². The van der Waals surface area contributed by atoms with E-state index in [4.69, 9.17) is 23.2 Å². The summed E-state index contributed by atoms with van der Waals surface area (Å²) in [5.74, 6) is 0. The Morgan fingerprint density at radius 1 is 1.38 bits per heavy atom. The fourth-order valence-electron chi connectivity index (χ4n) is 0.0319. The van der Waals surface area contributed by atoms with E-state index in [1.165, 1.54) is 0 Å². The molecule has 0 fully saturated rings. The molecular formula is C2H4Cl2KO2P. The summed E-state index contributed by atoms with van der Waals surface area (Å²) in [5.41, 5.74) is -0.729. The van der Waals surface area contributed by atoms with Gasteiger partial charge in [0.1, 0.15) is 0 Å². The van der Waals surface area contributed by atoms with Gasteiger partial charge in [0.05, 0.1) is 11.2 Å². The second-order valence-corrected chi connectivity index (χ2v) is 4.60. The zero-order chi connectivity index (χ0) is 5.91. The maximum absolute atomic E-state index is 10.1. The standard InChI is InChI=1S/C2H5Cl2O2P.K/c3-1-7(5,6)2-4;/h1-2H2,(H,5,6);/q;+1/p-1. The Kier molecular flexibility index (Phi) is 10.00. The Morgan fingerprint density at radius 2 is 1.62 bits per heavy atom. The van der Waals surface area contributed by atoms with Gasteiger partial charge in [-0.05, 0) is 0 Å². The molecule has 8 heavy (non-hydrogen) atoms. The normalized spacial score (nSPS) is 10.4. The molecule has 0 bridgehead atoms. The number of hydrogen-bond donors (Lipinski definition) is 0. The molecule has 0 aliphatic rings. The van der Waals surface area contributed by atoms with Gasteiger partial charge in [-0.2, -0.15) is 0 Å². The quantitative estimate of drug-likeness (QED) is 0.295. The van der Waals surface area contributed by atoms with Crippen LogP contribution in [0.25, 0.3) is 0 Å². The van der Waals surface area contributed by atoms with E-state index in [1.54, 1.807) is 0 Å². The molecule has 0 aromatic carbocycles. The van der Waals surface area contributed by atoms with Gasteiger partial charge in [0.15, 0.2) is 0 Å². The van der Waals surface area contributed by atoms with Crippen LogP contribution in [0.2, 0.25) is 0 Å². The van der Waals surface area contributed by atoms with E-state index < -0.39 is 7.37 Å². The largest absolute Gasteiger partial charge is 1.00 e. The summed E-state index contributed by atoms with van der Waals surface area (Å²) in [6.07, 6.45) is 0. The Morgan fingerprint density at radius 3 is 1.62 bits per heavy atom. The molecule has 0 spiro atoms. The third-order valence-corrected chi connectivity index (χ3v) is 3.28. The van der Waals surface area contributed by atoms with Gasteiger partial charge >= 0.3 is 51.4 Å². The van der Waals surface area contributed by atoms with Crippen molar-refractivity contribution in [3.8, 4) is 0 Å². The van der Waals surface area contributed by atoms with Crippen LogP contribution in [0.5, 0.6) is 0 Å². The molecule has 0 heterocycles. The summed E-state index contributed by atoms with van der Waals surface area (Å²) in [7, 11) is -3.37. The Hall–Kier alpha value is 2.41. The third-order valence-electron chi connectivity index (χ3n) is 0.364. The fourth-order valence-corrected chi connectivity index (χ4v) is 0.862. The molecule has 0 N–H and O–H groups in total. The van der Waals surface area contributed by atoms with E-state index in [1.807, 2.05) is 0 Å². The van der Waals surface area contributed by atoms with Crippen LogP contribution >= 0.6 is 30.6 Å². The van der Waals surface area contributed by atoms with Gasteiger partial charge in [0.25, 0.3) is 0 Å². The monoisotopic (exact) mass is 200 g/mol. The zero-order valence-corrected chi connectivity index (χ0v) is 9.96. The fraction of sp³-hybridized carbons (Fsp3) is 1.00. The summed E-state index contributed by atoms with van der Waals surface area (Å²) >= 11 is 9.87.